The van der Waals surface area contributed by atoms with Crippen LogP contribution in [0.15, 0.2) is 23.4 Å². The van der Waals surface area contributed by atoms with Crippen molar-refractivity contribution in [3.63, 3.8) is 0 Å². The zero-order chi connectivity index (χ0) is 19.7. The highest BCUT2D eigenvalue weighted by molar-refractivity contribution is 7.99. The highest BCUT2D eigenvalue weighted by Crippen LogP contribution is 2.38. The van der Waals surface area contributed by atoms with Crippen molar-refractivity contribution in [2.24, 2.45) is 0 Å². The SMILES string of the molecule is CC(C)(C)n1nnnc1SCC(=O)N1CCC[C@H]1c1ccc2c(c1)OCCO2. The third-order valence-electron chi connectivity index (χ3n) is 4.93. The topological polar surface area (TPSA) is 82.4 Å². The molecule has 1 amide bonds. The minimum atomic E-state index is -0.226. The number of fused-ring (bicyclic) bond motifs is 1. The molecule has 0 N–H and O–H groups in total. The standard InChI is InChI=1S/C19H25N5O3S/c1-19(2,3)24-18(20-21-22-24)28-12-17(25)23-8-4-5-14(23)13-6-7-15-16(11-13)27-10-9-26-15/h6-7,11,14H,4-5,8-10,12H2,1-3H3/t14-/m0/s1. The first-order valence-electron chi connectivity index (χ1n) is 9.54. The lowest BCUT2D eigenvalue weighted by atomic mass is 10.0. The van der Waals surface area contributed by atoms with Crippen LogP contribution in [0.1, 0.15) is 45.2 Å². The van der Waals surface area contributed by atoms with Gasteiger partial charge < -0.3 is 14.4 Å². The lowest BCUT2D eigenvalue weighted by Gasteiger charge is -2.27. The molecule has 8 nitrogen and oxygen atoms in total. The Kier molecular flexibility index (Phi) is 5.18. The van der Waals surface area contributed by atoms with Gasteiger partial charge in [-0.1, -0.05) is 17.8 Å². The summed E-state index contributed by atoms with van der Waals surface area (Å²) in [5.41, 5.74) is 0.871. The lowest BCUT2D eigenvalue weighted by Crippen LogP contribution is -2.32. The van der Waals surface area contributed by atoms with Crippen molar-refractivity contribution in [1.29, 1.82) is 0 Å². The number of aromatic nitrogens is 4. The minimum Gasteiger partial charge on any atom is -0.486 e. The van der Waals surface area contributed by atoms with Crippen LogP contribution in [0.3, 0.4) is 0 Å². The Bertz CT molecular complexity index is 863. The summed E-state index contributed by atoms with van der Waals surface area (Å²) in [5.74, 6) is 1.96. The van der Waals surface area contributed by atoms with E-state index in [4.69, 9.17) is 9.47 Å². The molecule has 0 spiro atoms. The quantitative estimate of drug-likeness (QED) is 0.726. The Morgan fingerprint density at radius 2 is 2.04 bits per heavy atom. The van der Waals surface area contributed by atoms with Gasteiger partial charge in [0.25, 0.3) is 0 Å². The molecule has 0 saturated carbocycles. The third-order valence-corrected chi connectivity index (χ3v) is 5.83. The highest BCUT2D eigenvalue weighted by Gasteiger charge is 2.31. The summed E-state index contributed by atoms with van der Waals surface area (Å²) in [4.78, 5) is 14.9. The zero-order valence-corrected chi connectivity index (χ0v) is 17.2. The van der Waals surface area contributed by atoms with Crippen molar-refractivity contribution < 1.29 is 14.3 Å². The Balaban J connectivity index is 1.45. The summed E-state index contributed by atoms with van der Waals surface area (Å²) in [6.45, 7) is 8.01. The van der Waals surface area contributed by atoms with E-state index in [0.717, 1.165) is 36.4 Å². The average molecular weight is 404 g/mol. The van der Waals surface area contributed by atoms with E-state index in [2.05, 4.69) is 15.5 Å². The molecule has 2 aliphatic rings. The number of tetrazole rings is 1. The predicted molar refractivity (Wildman–Crippen MR) is 105 cm³/mol. The van der Waals surface area contributed by atoms with Crippen LogP contribution in [0.25, 0.3) is 0 Å². The molecule has 0 radical (unpaired) electrons. The molecule has 28 heavy (non-hydrogen) atoms. The van der Waals surface area contributed by atoms with E-state index in [0.29, 0.717) is 24.1 Å². The van der Waals surface area contributed by atoms with Gasteiger partial charge in [0.05, 0.1) is 17.3 Å². The maximum atomic E-state index is 12.9. The second-order valence-electron chi connectivity index (χ2n) is 7.98. The van der Waals surface area contributed by atoms with E-state index in [1.165, 1.54) is 11.8 Å². The van der Waals surface area contributed by atoms with Gasteiger partial charge in [-0.3, -0.25) is 4.79 Å². The largest absolute Gasteiger partial charge is 0.486 e. The molecule has 3 heterocycles. The van der Waals surface area contributed by atoms with Gasteiger partial charge >= 0.3 is 0 Å². The molecular formula is C19H25N5O3S. The van der Waals surface area contributed by atoms with E-state index in [1.54, 1.807) is 4.68 Å². The number of carbonyl (C=O) groups is 1. The monoisotopic (exact) mass is 403 g/mol. The number of ether oxygens (including phenoxy) is 2. The van der Waals surface area contributed by atoms with Gasteiger partial charge in [-0.05, 0) is 61.7 Å². The molecule has 150 valence electrons. The summed E-state index contributed by atoms with van der Waals surface area (Å²) in [5, 5.41) is 12.5. The maximum absolute atomic E-state index is 12.9. The van der Waals surface area contributed by atoms with Crippen LogP contribution in [0.5, 0.6) is 11.5 Å². The van der Waals surface area contributed by atoms with Crippen molar-refractivity contribution >= 4 is 17.7 Å². The molecule has 0 bridgehead atoms. The van der Waals surface area contributed by atoms with Crippen LogP contribution in [0, 0.1) is 0 Å². The third kappa shape index (κ3) is 3.80. The van der Waals surface area contributed by atoms with E-state index in [-0.39, 0.29) is 17.5 Å². The van der Waals surface area contributed by atoms with Crippen molar-refractivity contribution in [1.82, 2.24) is 25.1 Å². The van der Waals surface area contributed by atoms with Crippen LogP contribution < -0.4 is 9.47 Å². The number of rotatable bonds is 4. The first kappa shape index (κ1) is 19.0. The Labute approximate surface area is 168 Å². The van der Waals surface area contributed by atoms with Gasteiger partial charge in [0.15, 0.2) is 11.5 Å². The molecule has 0 aliphatic carbocycles. The summed E-state index contributed by atoms with van der Waals surface area (Å²) in [6, 6.07) is 6.06. The van der Waals surface area contributed by atoms with E-state index in [1.807, 2.05) is 43.9 Å². The smallest absolute Gasteiger partial charge is 0.233 e. The Morgan fingerprint density at radius 3 is 2.82 bits per heavy atom. The van der Waals surface area contributed by atoms with Gasteiger partial charge in [0.2, 0.25) is 11.1 Å². The van der Waals surface area contributed by atoms with Crippen molar-refractivity contribution in [2.75, 3.05) is 25.5 Å². The van der Waals surface area contributed by atoms with Crippen molar-refractivity contribution in [3.05, 3.63) is 23.8 Å². The zero-order valence-electron chi connectivity index (χ0n) is 16.4. The molecule has 2 aliphatic heterocycles. The highest BCUT2D eigenvalue weighted by atomic mass is 32.2. The number of carbonyl (C=O) groups excluding carboxylic acids is 1. The van der Waals surface area contributed by atoms with Crippen LogP contribution >= 0.6 is 11.8 Å². The predicted octanol–water partition coefficient (Wildman–Crippen LogP) is 2.66. The number of amides is 1. The van der Waals surface area contributed by atoms with Gasteiger partial charge in [0.1, 0.15) is 13.2 Å². The second kappa shape index (κ2) is 7.62. The number of hydrogen-bond donors (Lipinski definition) is 0. The fourth-order valence-electron chi connectivity index (χ4n) is 3.58. The lowest BCUT2D eigenvalue weighted by molar-refractivity contribution is -0.129. The molecule has 1 aromatic carbocycles. The second-order valence-corrected chi connectivity index (χ2v) is 8.92. The van der Waals surface area contributed by atoms with Gasteiger partial charge in [-0.25, -0.2) is 4.68 Å². The van der Waals surface area contributed by atoms with Gasteiger partial charge in [-0.15, -0.1) is 5.10 Å². The summed E-state index contributed by atoms with van der Waals surface area (Å²) >= 11 is 1.39. The van der Waals surface area contributed by atoms with Gasteiger partial charge in [-0.2, -0.15) is 0 Å². The van der Waals surface area contributed by atoms with Gasteiger partial charge in [0, 0.05) is 6.54 Å². The number of nitrogens with zero attached hydrogens (tertiary/aromatic N) is 5. The number of thioether (sulfide) groups is 1. The Hall–Kier alpha value is -2.29. The normalized spacial score (nSPS) is 19.1. The fraction of sp³-hybridized carbons (Fsp3) is 0.579. The van der Waals surface area contributed by atoms with Crippen LogP contribution in [0.4, 0.5) is 0 Å². The van der Waals surface area contributed by atoms with Crippen molar-refractivity contribution in [3.8, 4) is 11.5 Å². The van der Waals surface area contributed by atoms with E-state index < -0.39 is 0 Å². The molecule has 1 fully saturated rings. The molecule has 1 atom stereocenters. The summed E-state index contributed by atoms with van der Waals surface area (Å²) < 4.78 is 13.1. The minimum absolute atomic E-state index is 0.0718. The molecule has 1 saturated heterocycles. The summed E-state index contributed by atoms with van der Waals surface area (Å²) in [7, 11) is 0. The molecular weight excluding hydrogens is 378 g/mol. The van der Waals surface area contributed by atoms with E-state index >= 15 is 0 Å². The number of likely N-dealkylation sites (tertiary alicyclic amines) is 1. The first-order valence-corrected chi connectivity index (χ1v) is 10.5. The summed E-state index contributed by atoms with van der Waals surface area (Å²) in [6.07, 6.45) is 1.95. The molecule has 0 unspecified atom stereocenters. The molecule has 9 heteroatoms. The number of benzene rings is 1. The van der Waals surface area contributed by atoms with Crippen molar-refractivity contribution in [2.45, 2.75) is 50.4 Å². The first-order chi connectivity index (χ1) is 13.4. The average Bonchev–Trinajstić information content (AvgIpc) is 3.35. The van der Waals surface area contributed by atoms with Crippen LogP contribution in [-0.2, 0) is 10.3 Å². The molecule has 1 aromatic heterocycles. The van der Waals surface area contributed by atoms with E-state index in [9.17, 15) is 4.79 Å². The molecule has 2 aromatic rings. The maximum Gasteiger partial charge on any atom is 0.233 e. The number of hydrogen-bond acceptors (Lipinski definition) is 7. The fourth-order valence-corrected chi connectivity index (χ4v) is 4.52. The van der Waals surface area contributed by atoms with Crippen LogP contribution in [0.2, 0.25) is 0 Å². The van der Waals surface area contributed by atoms with Crippen LogP contribution in [-0.4, -0.2) is 56.5 Å². The Morgan fingerprint density at radius 1 is 1.25 bits per heavy atom. The molecule has 4 rings (SSSR count).